The van der Waals surface area contributed by atoms with Crippen molar-refractivity contribution in [3.63, 3.8) is 0 Å². The van der Waals surface area contributed by atoms with E-state index in [1.54, 1.807) is 30.3 Å². The molecule has 0 radical (unpaired) electrons. The fourth-order valence-electron chi connectivity index (χ4n) is 1.83. The molecular formula is C15H12ClN3O. The van der Waals surface area contributed by atoms with Gasteiger partial charge in [-0.05, 0) is 48.9 Å². The van der Waals surface area contributed by atoms with Gasteiger partial charge in [0.05, 0.1) is 11.3 Å². The number of benzene rings is 2. The second-order valence-electron chi connectivity index (χ2n) is 4.39. The summed E-state index contributed by atoms with van der Waals surface area (Å²) in [6.45, 7) is 1.85. The van der Waals surface area contributed by atoms with Crippen molar-refractivity contribution < 1.29 is 4.79 Å². The average molecular weight is 286 g/mol. The molecule has 2 rings (SSSR count). The smallest absolute Gasteiger partial charge is 0.255 e. The number of nitrogens with one attached hydrogen (secondary N) is 1. The number of halogens is 1. The van der Waals surface area contributed by atoms with E-state index in [9.17, 15) is 4.79 Å². The lowest BCUT2D eigenvalue weighted by Gasteiger charge is -2.08. The monoisotopic (exact) mass is 285 g/mol. The van der Waals surface area contributed by atoms with Gasteiger partial charge in [-0.1, -0.05) is 11.6 Å². The zero-order chi connectivity index (χ0) is 14.7. The molecule has 100 valence electrons. The fourth-order valence-corrected chi connectivity index (χ4v) is 2.11. The molecule has 0 aliphatic rings. The van der Waals surface area contributed by atoms with E-state index in [1.165, 1.54) is 6.07 Å². The minimum absolute atomic E-state index is 0.317. The third kappa shape index (κ3) is 3.08. The Morgan fingerprint density at radius 2 is 2.05 bits per heavy atom. The van der Waals surface area contributed by atoms with E-state index in [2.05, 4.69) is 5.32 Å². The van der Waals surface area contributed by atoms with Crippen LogP contribution in [0.4, 0.5) is 11.4 Å². The number of carbonyl (C=O) groups is 1. The number of hydrogen-bond acceptors (Lipinski definition) is 3. The van der Waals surface area contributed by atoms with E-state index in [0.29, 0.717) is 27.5 Å². The van der Waals surface area contributed by atoms with Crippen LogP contribution in [0.2, 0.25) is 5.02 Å². The first kappa shape index (κ1) is 13.9. The Labute approximate surface area is 121 Å². The predicted molar refractivity (Wildman–Crippen MR) is 79.7 cm³/mol. The average Bonchev–Trinajstić information content (AvgIpc) is 2.39. The summed E-state index contributed by atoms with van der Waals surface area (Å²) in [7, 11) is 0. The maximum absolute atomic E-state index is 12.2. The van der Waals surface area contributed by atoms with Crippen molar-refractivity contribution in [1.82, 2.24) is 0 Å². The van der Waals surface area contributed by atoms with Crippen LogP contribution < -0.4 is 11.1 Å². The lowest BCUT2D eigenvalue weighted by atomic mass is 10.1. The summed E-state index contributed by atoms with van der Waals surface area (Å²) in [5, 5.41) is 12.2. The van der Waals surface area contributed by atoms with Gasteiger partial charge in [-0.15, -0.1) is 0 Å². The molecule has 0 spiro atoms. The van der Waals surface area contributed by atoms with Gasteiger partial charge in [0.25, 0.3) is 5.91 Å². The van der Waals surface area contributed by atoms with Gasteiger partial charge in [0.2, 0.25) is 0 Å². The van der Waals surface area contributed by atoms with Gasteiger partial charge in [0, 0.05) is 16.3 Å². The molecule has 0 aromatic heterocycles. The summed E-state index contributed by atoms with van der Waals surface area (Å²) in [5.41, 5.74) is 8.14. The number of carbonyl (C=O) groups excluding carboxylic acids is 1. The summed E-state index contributed by atoms with van der Waals surface area (Å²) in [4.78, 5) is 12.2. The summed E-state index contributed by atoms with van der Waals surface area (Å²) in [6, 6.07) is 11.8. The molecule has 0 aliphatic carbocycles. The first-order valence-corrected chi connectivity index (χ1v) is 6.25. The van der Waals surface area contributed by atoms with Crippen molar-refractivity contribution in [3.05, 3.63) is 58.1 Å². The number of nitrogen functional groups attached to an aromatic ring is 1. The Balaban J connectivity index is 2.30. The molecule has 0 bridgehead atoms. The van der Waals surface area contributed by atoms with E-state index < -0.39 is 0 Å². The molecule has 0 saturated carbocycles. The van der Waals surface area contributed by atoms with Gasteiger partial charge in [-0.25, -0.2) is 0 Å². The van der Waals surface area contributed by atoms with Crippen LogP contribution in [0, 0.1) is 18.3 Å². The van der Waals surface area contributed by atoms with Crippen molar-refractivity contribution in [2.45, 2.75) is 6.92 Å². The molecule has 0 atom stereocenters. The van der Waals surface area contributed by atoms with Gasteiger partial charge in [-0.3, -0.25) is 4.79 Å². The highest BCUT2D eigenvalue weighted by Gasteiger charge is 2.10. The molecule has 0 heterocycles. The molecule has 2 aromatic rings. The van der Waals surface area contributed by atoms with Crippen LogP contribution >= 0.6 is 11.6 Å². The quantitative estimate of drug-likeness (QED) is 0.831. The Hall–Kier alpha value is -2.51. The normalized spacial score (nSPS) is 9.85. The molecule has 0 fully saturated rings. The number of amides is 1. The van der Waals surface area contributed by atoms with E-state index >= 15 is 0 Å². The minimum Gasteiger partial charge on any atom is -0.399 e. The molecule has 0 saturated heterocycles. The Kier molecular flexibility index (Phi) is 3.92. The van der Waals surface area contributed by atoms with Crippen molar-refractivity contribution in [2.24, 2.45) is 0 Å². The topological polar surface area (TPSA) is 78.9 Å². The van der Waals surface area contributed by atoms with E-state index in [0.717, 1.165) is 5.56 Å². The summed E-state index contributed by atoms with van der Waals surface area (Å²) in [5.74, 6) is -0.322. The number of anilines is 2. The van der Waals surface area contributed by atoms with Gasteiger partial charge in [0.1, 0.15) is 6.07 Å². The molecule has 1 amide bonds. The van der Waals surface area contributed by atoms with Crippen LogP contribution in [0.5, 0.6) is 0 Å². The van der Waals surface area contributed by atoms with Crippen LogP contribution in [0.3, 0.4) is 0 Å². The van der Waals surface area contributed by atoms with E-state index in [4.69, 9.17) is 22.6 Å². The molecule has 20 heavy (non-hydrogen) atoms. The summed E-state index contributed by atoms with van der Waals surface area (Å²) in [6.07, 6.45) is 0. The zero-order valence-corrected chi connectivity index (χ0v) is 11.5. The third-order valence-corrected chi connectivity index (χ3v) is 2.93. The molecule has 3 N–H and O–H groups in total. The fraction of sp³-hybridized carbons (Fsp3) is 0.0667. The Morgan fingerprint density at radius 3 is 2.70 bits per heavy atom. The van der Waals surface area contributed by atoms with Gasteiger partial charge in [0.15, 0.2) is 0 Å². The predicted octanol–water partition coefficient (Wildman–Crippen LogP) is 3.35. The van der Waals surface area contributed by atoms with Crippen LogP contribution in [0.1, 0.15) is 21.5 Å². The largest absolute Gasteiger partial charge is 0.399 e. The van der Waals surface area contributed by atoms with Gasteiger partial charge in [-0.2, -0.15) is 5.26 Å². The minimum atomic E-state index is -0.322. The maximum atomic E-state index is 12.2. The summed E-state index contributed by atoms with van der Waals surface area (Å²) >= 11 is 5.93. The molecule has 5 heteroatoms. The highest BCUT2D eigenvalue weighted by Crippen LogP contribution is 2.20. The number of nitrogens with zero attached hydrogens (tertiary/aromatic N) is 1. The first-order valence-electron chi connectivity index (χ1n) is 5.88. The molecule has 0 unspecified atom stereocenters. The van der Waals surface area contributed by atoms with Crippen molar-refractivity contribution in [2.75, 3.05) is 11.1 Å². The number of aryl methyl sites for hydroxylation is 1. The lowest BCUT2D eigenvalue weighted by Crippen LogP contribution is -2.13. The van der Waals surface area contributed by atoms with Crippen LogP contribution in [0.25, 0.3) is 0 Å². The standard InChI is InChI=1S/C15H12ClN3O/c1-9-4-10(6-12(16)5-9)15(20)19-14-3-2-13(18)7-11(14)8-17/h2-7H,18H2,1H3,(H,19,20). The first-order chi connectivity index (χ1) is 9.49. The van der Waals surface area contributed by atoms with Crippen molar-refractivity contribution in [3.8, 4) is 6.07 Å². The molecule has 2 aromatic carbocycles. The van der Waals surface area contributed by atoms with Crippen molar-refractivity contribution in [1.29, 1.82) is 5.26 Å². The third-order valence-electron chi connectivity index (χ3n) is 2.72. The molecule has 0 aliphatic heterocycles. The van der Waals surface area contributed by atoms with Crippen LogP contribution in [-0.2, 0) is 0 Å². The van der Waals surface area contributed by atoms with Gasteiger partial charge < -0.3 is 11.1 Å². The van der Waals surface area contributed by atoms with Gasteiger partial charge >= 0.3 is 0 Å². The number of nitrogens with two attached hydrogens (primary N) is 1. The molecular weight excluding hydrogens is 274 g/mol. The van der Waals surface area contributed by atoms with E-state index in [1.807, 2.05) is 13.0 Å². The summed E-state index contributed by atoms with van der Waals surface area (Å²) < 4.78 is 0. The zero-order valence-electron chi connectivity index (χ0n) is 10.8. The van der Waals surface area contributed by atoms with E-state index in [-0.39, 0.29) is 5.91 Å². The number of nitriles is 1. The van der Waals surface area contributed by atoms with Crippen LogP contribution in [-0.4, -0.2) is 5.91 Å². The van der Waals surface area contributed by atoms with Crippen LogP contribution in [0.15, 0.2) is 36.4 Å². The SMILES string of the molecule is Cc1cc(Cl)cc(C(=O)Nc2ccc(N)cc2C#N)c1. The second-order valence-corrected chi connectivity index (χ2v) is 4.82. The number of rotatable bonds is 2. The molecule has 4 nitrogen and oxygen atoms in total. The highest BCUT2D eigenvalue weighted by atomic mass is 35.5. The maximum Gasteiger partial charge on any atom is 0.255 e. The Morgan fingerprint density at radius 1 is 1.30 bits per heavy atom. The highest BCUT2D eigenvalue weighted by molar-refractivity contribution is 6.31. The van der Waals surface area contributed by atoms with Crippen molar-refractivity contribution >= 4 is 28.9 Å². The lowest BCUT2D eigenvalue weighted by molar-refractivity contribution is 0.102. The number of hydrogen-bond donors (Lipinski definition) is 2. The Bertz CT molecular complexity index is 699. The second kappa shape index (κ2) is 5.64.